The zero-order valence-corrected chi connectivity index (χ0v) is 11.9. The van der Waals surface area contributed by atoms with E-state index in [1.54, 1.807) is 0 Å². The summed E-state index contributed by atoms with van der Waals surface area (Å²) in [5.74, 6) is -0.277. The maximum Gasteiger partial charge on any atom is 0.351 e. The Hall–Kier alpha value is -1.04. The van der Waals surface area contributed by atoms with Crippen molar-refractivity contribution >= 4 is 27.8 Å². The zero-order chi connectivity index (χ0) is 13.2. The van der Waals surface area contributed by atoms with Crippen molar-refractivity contribution in [2.75, 3.05) is 6.54 Å². The highest BCUT2D eigenvalue weighted by Gasteiger charge is 2.36. The first-order valence-corrected chi connectivity index (χ1v) is 6.02. The summed E-state index contributed by atoms with van der Waals surface area (Å²) in [7, 11) is 0. The van der Waals surface area contributed by atoms with Gasteiger partial charge in [0.2, 0.25) is 12.2 Å². The molecule has 1 amide bonds. The molecule has 1 N–H and O–H groups in total. The van der Waals surface area contributed by atoms with E-state index in [1.165, 1.54) is 6.92 Å². The summed E-state index contributed by atoms with van der Waals surface area (Å²) in [4.78, 5) is 22.4. The van der Waals surface area contributed by atoms with Crippen LogP contribution >= 0.6 is 15.9 Å². The Kier molecular flexibility index (Phi) is 4.19. The van der Waals surface area contributed by atoms with Gasteiger partial charge in [0.15, 0.2) is 0 Å². The molecule has 1 aliphatic heterocycles. The SMILES string of the molecule is CC(=O)NCC1=C(Br)C(=O)OC(C(C)(C)C)O1. The molecule has 17 heavy (non-hydrogen) atoms. The molecule has 0 aromatic rings. The first-order valence-electron chi connectivity index (χ1n) is 5.22. The van der Waals surface area contributed by atoms with Gasteiger partial charge in [-0.05, 0) is 15.9 Å². The predicted molar refractivity (Wildman–Crippen MR) is 65.1 cm³/mol. The van der Waals surface area contributed by atoms with E-state index < -0.39 is 12.3 Å². The molecule has 1 aliphatic rings. The Labute approximate surface area is 109 Å². The van der Waals surface area contributed by atoms with Crippen LogP contribution in [-0.4, -0.2) is 24.7 Å². The summed E-state index contributed by atoms with van der Waals surface area (Å²) >= 11 is 3.09. The molecule has 1 heterocycles. The van der Waals surface area contributed by atoms with Crippen LogP contribution < -0.4 is 5.32 Å². The number of esters is 1. The second-order valence-corrected chi connectivity index (χ2v) is 5.66. The molecule has 96 valence electrons. The fourth-order valence-electron chi connectivity index (χ4n) is 1.15. The highest BCUT2D eigenvalue weighted by atomic mass is 79.9. The number of rotatable bonds is 2. The van der Waals surface area contributed by atoms with Gasteiger partial charge in [-0.15, -0.1) is 0 Å². The first kappa shape index (κ1) is 14.0. The van der Waals surface area contributed by atoms with Gasteiger partial charge >= 0.3 is 5.97 Å². The molecule has 0 aromatic heterocycles. The quantitative estimate of drug-likeness (QED) is 0.788. The molecule has 0 spiro atoms. The van der Waals surface area contributed by atoms with Crippen LogP contribution in [0.1, 0.15) is 27.7 Å². The van der Waals surface area contributed by atoms with Crippen molar-refractivity contribution in [1.82, 2.24) is 5.32 Å². The Morgan fingerprint density at radius 3 is 2.47 bits per heavy atom. The van der Waals surface area contributed by atoms with E-state index >= 15 is 0 Å². The summed E-state index contributed by atoms with van der Waals surface area (Å²) in [6.07, 6.45) is -0.653. The first-order chi connectivity index (χ1) is 7.71. The van der Waals surface area contributed by atoms with Crippen LogP contribution in [0.3, 0.4) is 0 Å². The largest absolute Gasteiger partial charge is 0.455 e. The molecule has 1 atom stereocenters. The lowest BCUT2D eigenvalue weighted by molar-refractivity contribution is -0.195. The van der Waals surface area contributed by atoms with Crippen LogP contribution in [0.5, 0.6) is 0 Å². The molecule has 6 heteroatoms. The second kappa shape index (κ2) is 5.08. The Bertz CT molecular complexity index is 370. The summed E-state index contributed by atoms with van der Waals surface area (Å²) in [6, 6.07) is 0. The normalized spacial score (nSPS) is 20.8. The molecule has 5 nitrogen and oxygen atoms in total. The smallest absolute Gasteiger partial charge is 0.351 e. The molecule has 1 rings (SSSR count). The van der Waals surface area contributed by atoms with E-state index in [1.807, 2.05) is 20.8 Å². The van der Waals surface area contributed by atoms with Crippen LogP contribution in [0.25, 0.3) is 0 Å². The van der Waals surface area contributed by atoms with Crippen LogP contribution in [0, 0.1) is 5.41 Å². The number of cyclic esters (lactones) is 1. The minimum absolute atomic E-state index is 0.164. The van der Waals surface area contributed by atoms with Crippen molar-refractivity contribution in [3.8, 4) is 0 Å². The minimum atomic E-state index is -0.653. The highest BCUT2D eigenvalue weighted by molar-refractivity contribution is 9.12. The van der Waals surface area contributed by atoms with Crippen LogP contribution in [0.4, 0.5) is 0 Å². The minimum Gasteiger partial charge on any atom is -0.455 e. The third kappa shape index (κ3) is 3.73. The maximum atomic E-state index is 11.6. The van der Waals surface area contributed by atoms with E-state index in [-0.39, 0.29) is 22.3 Å². The van der Waals surface area contributed by atoms with Gasteiger partial charge in [0, 0.05) is 12.3 Å². The molecule has 0 radical (unpaired) electrons. The molecule has 1 unspecified atom stereocenters. The Balaban J connectivity index is 2.82. The average Bonchev–Trinajstić information content (AvgIpc) is 2.18. The molecule has 0 saturated heterocycles. The fraction of sp³-hybridized carbons (Fsp3) is 0.636. The van der Waals surface area contributed by atoms with Crippen molar-refractivity contribution < 1.29 is 19.1 Å². The molecular formula is C11H16BrNO4. The van der Waals surface area contributed by atoms with Crippen molar-refractivity contribution in [2.45, 2.75) is 34.0 Å². The van der Waals surface area contributed by atoms with Crippen molar-refractivity contribution in [3.63, 3.8) is 0 Å². The van der Waals surface area contributed by atoms with E-state index in [2.05, 4.69) is 21.2 Å². The monoisotopic (exact) mass is 305 g/mol. The number of halogens is 1. The Morgan fingerprint density at radius 2 is 2.00 bits per heavy atom. The van der Waals surface area contributed by atoms with Gasteiger partial charge in [0.05, 0.1) is 6.54 Å². The third-order valence-corrected chi connectivity index (χ3v) is 2.86. The lowest BCUT2D eigenvalue weighted by atomic mass is 9.95. The molecule has 0 saturated carbocycles. The van der Waals surface area contributed by atoms with Crippen molar-refractivity contribution in [1.29, 1.82) is 0 Å². The maximum absolute atomic E-state index is 11.6. The number of hydrogen-bond acceptors (Lipinski definition) is 4. The summed E-state index contributed by atoms with van der Waals surface area (Å²) in [5.41, 5.74) is -0.329. The molecular weight excluding hydrogens is 290 g/mol. The van der Waals surface area contributed by atoms with Crippen molar-refractivity contribution in [3.05, 3.63) is 10.2 Å². The highest BCUT2D eigenvalue weighted by Crippen LogP contribution is 2.32. The van der Waals surface area contributed by atoms with E-state index in [4.69, 9.17) is 9.47 Å². The average molecular weight is 306 g/mol. The fourth-order valence-corrected chi connectivity index (χ4v) is 1.47. The van der Waals surface area contributed by atoms with Crippen LogP contribution in [0.2, 0.25) is 0 Å². The summed E-state index contributed by atoms with van der Waals surface area (Å²) in [5, 5.41) is 2.58. The van der Waals surface area contributed by atoms with Gasteiger partial charge in [-0.2, -0.15) is 0 Å². The van der Waals surface area contributed by atoms with E-state index in [0.29, 0.717) is 5.76 Å². The second-order valence-electron chi connectivity index (χ2n) is 4.87. The molecule has 0 aliphatic carbocycles. The van der Waals surface area contributed by atoms with Gasteiger partial charge in [-0.1, -0.05) is 20.8 Å². The van der Waals surface area contributed by atoms with Gasteiger partial charge < -0.3 is 14.8 Å². The number of nitrogens with one attached hydrogen (secondary N) is 1. The van der Waals surface area contributed by atoms with Gasteiger partial charge in [-0.25, -0.2) is 4.79 Å². The van der Waals surface area contributed by atoms with E-state index in [0.717, 1.165) is 0 Å². The van der Waals surface area contributed by atoms with Crippen LogP contribution in [0.15, 0.2) is 10.2 Å². The predicted octanol–water partition coefficient (Wildman–Crippen LogP) is 1.67. The topological polar surface area (TPSA) is 64.6 Å². The number of ether oxygens (including phenoxy) is 2. The molecule has 0 bridgehead atoms. The lowest BCUT2D eigenvalue weighted by Crippen LogP contribution is -2.39. The van der Waals surface area contributed by atoms with Crippen molar-refractivity contribution in [2.24, 2.45) is 5.41 Å². The number of hydrogen-bond donors (Lipinski definition) is 1. The number of amides is 1. The summed E-state index contributed by atoms with van der Waals surface area (Å²) < 4.78 is 10.9. The van der Waals surface area contributed by atoms with Gasteiger partial charge in [-0.3, -0.25) is 4.79 Å². The third-order valence-electron chi connectivity index (χ3n) is 2.09. The lowest BCUT2D eigenvalue weighted by Gasteiger charge is -2.34. The molecule has 0 fully saturated rings. The van der Waals surface area contributed by atoms with Gasteiger partial charge in [0.25, 0.3) is 0 Å². The number of carbonyl (C=O) groups is 2. The Morgan fingerprint density at radius 1 is 1.41 bits per heavy atom. The zero-order valence-electron chi connectivity index (χ0n) is 10.3. The van der Waals surface area contributed by atoms with Crippen LogP contribution in [-0.2, 0) is 19.1 Å². The molecule has 0 aromatic carbocycles. The standard InChI is InChI=1S/C11H16BrNO4/c1-6(14)13-5-7-8(12)9(15)17-10(16-7)11(2,3)4/h10H,5H2,1-4H3,(H,13,14). The number of carbonyl (C=O) groups excluding carboxylic acids is 2. The summed E-state index contributed by atoms with van der Waals surface area (Å²) in [6.45, 7) is 7.27. The van der Waals surface area contributed by atoms with Gasteiger partial charge in [0.1, 0.15) is 10.2 Å². The van der Waals surface area contributed by atoms with E-state index in [9.17, 15) is 9.59 Å².